The minimum Gasteiger partial charge on any atom is -0.322 e. The Morgan fingerprint density at radius 1 is 0.724 bits per heavy atom. The number of carbonyl (C=O) groups is 2. The summed E-state index contributed by atoms with van der Waals surface area (Å²) >= 11 is 11.6. The summed E-state index contributed by atoms with van der Waals surface area (Å²) in [6, 6.07) is 19.6. The molecule has 4 nitrogen and oxygen atoms in total. The Morgan fingerprint density at radius 3 is 1.66 bits per heavy atom. The molecule has 0 atom stereocenters. The van der Waals surface area contributed by atoms with Crippen LogP contribution >= 0.6 is 23.2 Å². The number of nitrogens with one attached hydrogen (secondary N) is 2. The van der Waals surface area contributed by atoms with Gasteiger partial charge in [-0.25, -0.2) is 0 Å². The van der Waals surface area contributed by atoms with Gasteiger partial charge in [0.15, 0.2) is 0 Å². The maximum absolute atomic E-state index is 12.4. The Kier molecular flexibility index (Phi) is 6.91. The van der Waals surface area contributed by atoms with Crippen LogP contribution in [0.1, 0.15) is 37.4 Å². The molecule has 0 fully saturated rings. The van der Waals surface area contributed by atoms with Crippen molar-refractivity contribution in [3.8, 4) is 0 Å². The fourth-order valence-corrected chi connectivity index (χ4v) is 3.13. The van der Waals surface area contributed by atoms with Crippen LogP contribution in [0.3, 0.4) is 0 Å². The van der Waals surface area contributed by atoms with Crippen LogP contribution in [0.2, 0.25) is 0 Å². The van der Waals surface area contributed by atoms with Gasteiger partial charge in [0.1, 0.15) is 0 Å². The van der Waals surface area contributed by atoms with Gasteiger partial charge in [-0.3, -0.25) is 9.59 Å². The lowest BCUT2D eigenvalue weighted by Gasteiger charge is -2.12. The highest BCUT2D eigenvalue weighted by Gasteiger charge is 2.10. The number of alkyl halides is 2. The van der Waals surface area contributed by atoms with Gasteiger partial charge in [0.2, 0.25) is 0 Å². The number of aryl methyl sites for hydroxylation is 1. The molecule has 6 heteroatoms. The summed E-state index contributed by atoms with van der Waals surface area (Å²) in [4.78, 5) is 24.8. The molecule has 0 heterocycles. The summed E-state index contributed by atoms with van der Waals surface area (Å²) in [5, 5.41) is 5.76. The Labute approximate surface area is 179 Å². The molecule has 0 radical (unpaired) electrons. The fourth-order valence-electron chi connectivity index (χ4n) is 2.77. The number of carbonyl (C=O) groups excluding carboxylic acids is 2. The van der Waals surface area contributed by atoms with Crippen molar-refractivity contribution in [2.24, 2.45) is 0 Å². The number of hydrogen-bond acceptors (Lipinski definition) is 2. The SMILES string of the molecule is Cc1cc(NC(=O)c2ccc(CCl)cc2)ccc1NC(=O)c1ccc(CCl)cc1. The smallest absolute Gasteiger partial charge is 0.255 e. The topological polar surface area (TPSA) is 58.2 Å². The van der Waals surface area contributed by atoms with Crippen molar-refractivity contribution < 1.29 is 9.59 Å². The van der Waals surface area contributed by atoms with E-state index in [1.54, 1.807) is 36.4 Å². The molecule has 29 heavy (non-hydrogen) atoms. The first kappa shape index (κ1) is 20.9. The van der Waals surface area contributed by atoms with E-state index in [0.717, 1.165) is 16.7 Å². The molecule has 3 aromatic rings. The summed E-state index contributed by atoms with van der Waals surface area (Å²) in [7, 11) is 0. The van der Waals surface area contributed by atoms with E-state index in [2.05, 4.69) is 10.6 Å². The molecule has 3 rings (SSSR count). The van der Waals surface area contributed by atoms with Crippen molar-refractivity contribution in [3.63, 3.8) is 0 Å². The number of hydrogen-bond donors (Lipinski definition) is 2. The average molecular weight is 427 g/mol. The van der Waals surface area contributed by atoms with Crippen LogP contribution in [-0.2, 0) is 11.8 Å². The third kappa shape index (κ3) is 5.37. The van der Waals surface area contributed by atoms with Crippen molar-refractivity contribution in [1.82, 2.24) is 0 Å². The average Bonchev–Trinajstić information content (AvgIpc) is 2.75. The number of amides is 2. The van der Waals surface area contributed by atoms with Crippen LogP contribution in [0.15, 0.2) is 66.7 Å². The third-order valence-corrected chi connectivity index (χ3v) is 5.09. The molecular weight excluding hydrogens is 407 g/mol. The molecule has 148 valence electrons. The van der Waals surface area contributed by atoms with Crippen LogP contribution in [0.25, 0.3) is 0 Å². The van der Waals surface area contributed by atoms with Gasteiger partial charge in [-0.05, 0) is 66.1 Å². The molecule has 0 aliphatic heterocycles. The molecule has 0 saturated carbocycles. The van der Waals surface area contributed by atoms with Crippen molar-refractivity contribution in [1.29, 1.82) is 0 Å². The quantitative estimate of drug-likeness (QED) is 0.476. The van der Waals surface area contributed by atoms with Gasteiger partial charge >= 0.3 is 0 Å². The zero-order chi connectivity index (χ0) is 20.8. The monoisotopic (exact) mass is 426 g/mol. The molecule has 0 saturated heterocycles. The molecule has 0 spiro atoms. The van der Waals surface area contributed by atoms with E-state index in [9.17, 15) is 9.59 Å². The van der Waals surface area contributed by atoms with Crippen molar-refractivity contribution in [3.05, 3.63) is 94.5 Å². The van der Waals surface area contributed by atoms with Gasteiger partial charge in [-0.2, -0.15) is 0 Å². The fraction of sp³-hybridized carbons (Fsp3) is 0.130. The van der Waals surface area contributed by atoms with Crippen LogP contribution in [0, 0.1) is 6.92 Å². The summed E-state index contributed by atoms with van der Waals surface area (Å²) in [6.45, 7) is 1.87. The Hall–Kier alpha value is -2.82. The number of rotatable bonds is 6. The lowest BCUT2D eigenvalue weighted by Crippen LogP contribution is -2.14. The van der Waals surface area contributed by atoms with E-state index in [1.807, 2.05) is 37.3 Å². The first-order chi connectivity index (χ1) is 14.0. The number of benzene rings is 3. The Bertz CT molecular complexity index is 1020. The molecule has 0 unspecified atom stereocenters. The zero-order valence-electron chi connectivity index (χ0n) is 15.8. The third-order valence-electron chi connectivity index (χ3n) is 4.47. The molecule has 3 aromatic carbocycles. The van der Waals surface area contributed by atoms with Gasteiger partial charge in [0.25, 0.3) is 11.8 Å². The standard InChI is InChI=1S/C23H20Cl2N2O2/c1-15-12-20(26-22(28)18-6-2-16(13-24)3-7-18)10-11-21(15)27-23(29)19-8-4-17(14-25)5-9-19/h2-12H,13-14H2,1H3,(H,26,28)(H,27,29). The van der Waals surface area contributed by atoms with E-state index in [0.29, 0.717) is 34.3 Å². The van der Waals surface area contributed by atoms with Crippen molar-refractivity contribution in [2.75, 3.05) is 10.6 Å². The molecule has 0 aliphatic carbocycles. The predicted octanol–water partition coefficient (Wildman–Crippen LogP) is 5.98. The second kappa shape index (κ2) is 9.59. The lowest BCUT2D eigenvalue weighted by molar-refractivity contribution is 0.101. The Balaban J connectivity index is 1.67. The van der Waals surface area contributed by atoms with E-state index < -0.39 is 0 Å². The molecule has 0 aliphatic rings. The number of halogens is 2. The second-order valence-corrected chi connectivity index (χ2v) is 7.13. The maximum atomic E-state index is 12.4. The van der Waals surface area contributed by atoms with Crippen molar-refractivity contribution >= 4 is 46.4 Å². The largest absolute Gasteiger partial charge is 0.322 e. The summed E-state index contributed by atoms with van der Waals surface area (Å²) < 4.78 is 0. The minimum atomic E-state index is -0.207. The van der Waals surface area contributed by atoms with Crippen molar-refractivity contribution in [2.45, 2.75) is 18.7 Å². The van der Waals surface area contributed by atoms with Gasteiger partial charge in [-0.1, -0.05) is 24.3 Å². The molecule has 2 amide bonds. The summed E-state index contributed by atoms with van der Waals surface area (Å²) in [5.74, 6) is 0.406. The van der Waals surface area contributed by atoms with Gasteiger partial charge in [-0.15, -0.1) is 23.2 Å². The van der Waals surface area contributed by atoms with Crippen LogP contribution in [-0.4, -0.2) is 11.8 Å². The molecular formula is C23H20Cl2N2O2. The van der Waals surface area contributed by atoms with E-state index in [4.69, 9.17) is 23.2 Å². The van der Waals surface area contributed by atoms with E-state index in [-0.39, 0.29) is 11.8 Å². The molecule has 2 N–H and O–H groups in total. The normalized spacial score (nSPS) is 10.4. The lowest BCUT2D eigenvalue weighted by atomic mass is 10.1. The van der Waals surface area contributed by atoms with E-state index >= 15 is 0 Å². The summed E-state index contributed by atoms with van der Waals surface area (Å²) in [5.41, 5.74) is 5.18. The summed E-state index contributed by atoms with van der Waals surface area (Å²) in [6.07, 6.45) is 0. The first-order valence-electron chi connectivity index (χ1n) is 9.03. The van der Waals surface area contributed by atoms with Gasteiger partial charge in [0.05, 0.1) is 0 Å². The molecule has 0 bridgehead atoms. The van der Waals surface area contributed by atoms with Crippen LogP contribution in [0.4, 0.5) is 11.4 Å². The molecule has 0 aromatic heterocycles. The van der Waals surface area contributed by atoms with Gasteiger partial charge < -0.3 is 10.6 Å². The second-order valence-electron chi connectivity index (χ2n) is 6.60. The highest BCUT2D eigenvalue weighted by Crippen LogP contribution is 2.21. The minimum absolute atomic E-state index is 0.203. The first-order valence-corrected chi connectivity index (χ1v) is 10.1. The highest BCUT2D eigenvalue weighted by molar-refractivity contribution is 6.17. The Morgan fingerprint density at radius 2 is 1.21 bits per heavy atom. The van der Waals surface area contributed by atoms with Crippen LogP contribution < -0.4 is 10.6 Å². The van der Waals surface area contributed by atoms with E-state index in [1.165, 1.54) is 0 Å². The predicted molar refractivity (Wildman–Crippen MR) is 119 cm³/mol. The highest BCUT2D eigenvalue weighted by atomic mass is 35.5. The maximum Gasteiger partial charge on any atom is 0.255 e. The zero-order valence-corrected chi connectivity index (χ0v) is 17.3. The van der Waals surface area contributed by atoms with Crippen LogP contribution in [0.5, 0.6) is 0 Å². The van der Waals surface area contributed by atoms with Gasteiger partial charge in [0, 0.05) is 34.3 Å². The number of anilines is 2.